The van der Waals surface area contributed by atoms with Crippen molar-refractivity contribution in [2.24, 2.45) is 0 Å². The summed E-state index contributed by atoms with van der Waals surface area (Å²) in [6.07, 6.45) is 4.69. The van der Waals surface area contributed by atoms with E-state index in [-0.39, 0.29) is 0 Å². The lowest BCUT2D eigenvalue weighted by Gasteiger charge is -2.32. The molecular formula is C16H21BrN2. The quantitative estimate of drug-likeness (QED) is 0.844. The second kappa shape index (κ2) is 5.78. The number of allylic oxidation sites excluding steroid dienone is 1. The first-order valence-electron chi connectivity index (χ1n) is 7.12. The van der Waals surface area contributed by atoms with Gasteiger partial charge in [0.25, 0.3) is 0 Å². The Kier molecular flexibility index (Phi) is 4.06. The third-order valence-electron chi connectivity index (χ3n) is 4.31. The number of nitrogens with zero attached hydrogens (tertiary/aromatic N) is 2. The summed E-state index contributed by atoms with van der Waals surface area (Å²) in [5.74, 6) is 0. The zero-order valence-electron chi connectivity index (χ0n) is 11.5. The first-order chi connectivity index (χ1) is 9.24. The van der Waals surface area contributed by atoms with E-state index in [1.54, 1.807) is 0 Å². The molecule has 0 saturated carbocycles. The van der Waals surface area contributed by atoms with E-state index in [0.717, 1.165) is 6.42 Å². The number of piperazine rings is 1. The fourth-order valence-corrected chi connectivity index (χ4v) is 3.52. The number of hydrogen-bond donors (Lipinski definition) is 0. The van der Waals surface area contributed by atoms with Crippen molar-refractivity contribution in [3.63, 3.8) is 0 Å². The van der Waals surface area contributed by atoms with Gasteiger partial charge in [-0.1, -0.05) is 34.1 Å². The molecule has 0 N–H and O–H groups in total. The van der Waals surface area contributed by atoms with Gasteiger partial charge in [-0.05, 0) is 42.7 Å². The summed E-state index contributed by atoms with van der Waals surface area (Å²) < 4.78 is 1.26. The van der Waals surface area contributed by atoms with Crippen LogP contribution in [-0.2, 0) is 6.42 Å². The molecule has 1 aromatic carbocycles. The number of hydrogen-bond acceptors (Lipinski definition) is 2. The third kappa shape index (κ3) is 2.93. The largest absolute Gasteiger partial charge is 0.304 e. The molecule has 0 aromatic heterocycles. The minimum absolute atomic E-state index is 1.09. The highest BCUT2D eigenvalue weighted by molar-refractivity contribution is 9.10. The van der Waals surface area contributed by atoms with Crippen LogP contribution in [0.1, 0.15) is 17.5 Å². The van der Waals surface area contributed by atoms with Crippen LogP contribution in [0, 0.1) is 0 Å². The van der Waals surface area contributed by atoms with E-state index >= 15 is 0 Å². The summed E-state index contributed by atoms with van der Waals surface area (Å²) in [5, 5.41) is 0. The first kappa shape index (κ1) is 13.3. The van der Waals surface area contributed by atoms with Gasteiger partial charge in [0.05, 0.1) is 0 Å². The molecule has 1 aromatic rings. The molecule has 0 atom stereocenters. The zero-order chi connectivity index (χ0) is 13.2. The van der Waals surface area contributed by atoms with Crippen molar-refractivity contribution in [2.45, 2.75) is 12.8 Å². The molecule has 2 aliphatic rings. The average Bonchev–Trinajstić information content (AvgIpc) is 2.83. The summed E-state index contributed by atoms with van der Waals surface area (Å²) in [6.45, 7) is 6.05. The molecule has 0 radical (unpaired) electrons. The Morgan fingerprint density at radius 1 is 1.16 bits per heavy atom. The number of fused-ring (bicyclic) bond motifs is 1. The van der Waals surface area contributed by atoms with Gasteiger partial charge < -0.3 is 9.80 Å². The van der Waals surface area contributed by atoms with Crippen LogP contribution in [0.5, 0.6) is 0 Å². The highest BCUT2D eigenvalue weighted by Gasteiger charge is 2.18. The second-order valence-corrected chi connectivity index (χ2v) is 6.45. The van der Waals surface area contributed by atoms with E-state index in [9.17, 15) is 0 Å². The molecule has 0 unspecified atom stereocenters. The Morgan fingerprint density at radius 3 is 2.74 bits per heavy atom. The van der Waals surface area contributed by atoms with E-state index in [1.165, 1.54) is 60.3 Å². The van der Waals surface area contributed by atoms with Gasteiger partial charge in [0.15, 0.2) is 0 Å². The molecule has 3 rings (SSSR count). The SMILES string of the molecule is CN1CCN(CCC2=CCc3c(Br)cccc32)CC1. The smallest absolute Gasteiger partial charge is 0.0216 e. The van der Waals surface area contributed by atoms with Crippen LogP contribution in [0.25, 0.3) is 5.57 Å². The fraction of sp³-hybridized carbons (Fsp3) is 0.500. The van der Waals surface area contributed by atoms with Gasteiger partial charge in [-0.15, -0.1) is 0 Å². The molecule has 1 heterocycles. The van der Waals surface area contributed by atoms with Crippen LogP contribution in [0.4, 0.5) is 0 Å². The number of rotatable bonds is 3. The number of likely N-dealkylation sites (N-methyl/N-ethyl adjacent to an activating group) is 1. The highest BCUT2D eigenvalue weighted by atomic mass is 79.9. The van der Waals surface area contributed by atoms with Gasteiger partial charge in [-0.3, -0.25) is 0 Å². The second-order valence-electron chi connectivity index (χ2n) is 5.59. The molecule has 0 amide bonds. The van der Waals surface area contributed by atoms with Crippen molar-refractivity contribution in [1.82, 2.24) is 9.80 Å². The molecule has 1 aliphatic heterocycles. The van der Waals surface area contributed by atoms with Gasteiger partial charge >= 0.3 is 0 Å². The van der Waals surface area contributed by atoms with Crippen molar-refractivity contribution in [1.29, 1.82) is 0 Å². The maximum absolute atomic E-state index is 3.66. The Hall–Kier alpha value is -0.640. The Morgan fingerprint density at radius 2 is 1.95 bits per heavy atom. The van der Waals surface area contributed by atoms with E-state index in [4.69, 9.17) is 0 Å². The molecular weight excluding hydrogens is 300 g/mol. The van der Waals surface area contributed by atoms with Crippen LogP contribution < -0.4 is 0 Å². The monoisotopic (exact) mass is 320 g/mol. The average molecular weight is 321 g/mol. The van der Waals surface area contributed by atoms with Crippen molar-refractivity contribution in [2.75, 3.05) is 39.8 Å². The predicted octanol–water partition coefficient (Wildman–Crippen LogP) is 3.03. The van der Waals surface area contributed by atoms with Crippen LogP contribution >= 0.6 is 15.9 Å². The summed E-state index contributed by atoms with van der Waals surface area (Å²) in [7, 11) is 2.21. The molecule has 1 fully saturated rings. The van der Waals surface area contributed by atoms with Crippen molar-refractivity contribution < 1.29 is 0 Å². The van der Waals surface area contributed by atoms with E-state index in [0.29, 0.717) is 0 Å². The topological polar surface area (TPSA) is 6.48 Å². The molecule has 2 nitrogen and oxygen atoms in total. The third-order valence-corrected chi connectivity index (χ3v) is 5.05. The van der Waals surface area contributed by atoms with Gasteiger partial charge in [-0.25, -0.2) is 0 Å². The Bertz CT molecular complexity index is 488. The standard InChI is InChI=1S/C16H21BrN2/c1-18-9-11-19(12-10-18)8-7-13-5-6-15-14(13)3-2-4-16(15)17/h2-5H,6-12H2,1H3. The van der Waals surface area contributed by atoms with Gasteiger partial charge in [0, 0.05) is 37.2 Å². The maximum Gasteiger partial charge on any atom is 0.0216 e. The lowest BCUT2D eigenvalue weighted by Crippen LogP contribution is -2.44. The van der Waals surface area contributed by atoms with Crippen molar-refractivity contribution in [3.8, 4) is 0 Å². The molecule has 19 heavy (non-hydrogen) atoms. The van der Waals surface area contributed by atoms with Gasteiger partial charge in [0.1, 0.15) is 0 Å². The van der Waals surface area contributed by atoms with Crippen molar-refractivity contribution in [3.05, 3.63) is 39.9 Å². The minimum atomic E-state index is 1.09. The van der Waals surface area contributed by atoms with Crippen molar-refractivity contribution >= 4 is 21.5 Å². The zero-order valence-corrected chi connectivity index (χ0v) is 13.1. The van der Waals surface area contributed by atoms with Crippen LogP contribution in [0.15, 0.2) is 28.7 Å². The van der Waals surface area contributed by atoms with Gasteiger partial charge in [0.2, 0.25) is 0 Å². The Labute approximate surface area is 124 Å². The van der Waals surface area contributed by atoms with E-state index in [1.807, 2.05) is 0 Å². The molecule has 0 bridgehead atoms. The summed E-state index contributed by atoms with van der Waals surface area (Å²) in [5.41, 5.74) is 4.47. The van der Waals surface area contributed by atoms with Crippen LogP contribution in [-0.4, -0.2) is 49.6 Å². The molecule has 1 aliphatic carbocycles. The predicted molar refractivity (Wildman–Crippen MR) is 84.4 cm³/mol. The summed E-state index contributed by atoms with van der Waals surface area (Å²) in [4.78, 5) is 5.01. The van der Waals surface area contributed by atoms with Crippen LogP contribution in [0.3, 0.4) is 0 Å². The molecule has 0 spiro atoms. The molecule has 1 saturated heterocycles. The van der Waals surface area contributed by atoms with Crippen LogP contribution in [0.2, 0.25) is 0 Å². The number of benzene rings is 1. The molecule has 3 heteroatoms. The summed E-state index contributed by atoms with van der Waals surface area (Å²) in [6, 6.07) is 6.57. The first-order valence-corrected chi connectivity index (χ1v) is 7.91. The lowest BCUT2D eigenvalue weighted by atomic mass is 10.0. The normalized spacial score (nSPS) is 20.4. The summed E-state index contributed by atoms with van der Waals surface area (Å²) >= 11 is 3.66. The fourth-order valence-electron chi connectivity index (χ4n) is 2.99. The van der Waals surface area contributed by atoms with E-state index in [2.05, 4.69) is 57.1 Å². The highest BCUT2D eigenvalue weighted by Crippen LogP contribution is 2.34. The lowest BCUT2D eigenvalue weighted by molar-refractivity contribution is 0.157. The molecule has 102 valence electrons. The Balaban J connectivity index is 1.59. The number of halogens is 1. The minimum Gasteiger partial charge on any atom is -0.304 e. The van der Waals surface area contributed by atoms with E-state index < -0.39 is 0 Å². The maximum atomic E-state index is 3.66. The van der Waals surface area contributed by atoms with Gasteiger partial charge in [-0.2, -0.15) is 0 Å².